The second-order valence-electron chi connectivity index (χ2n) is 8.18. The lowest BCUT2D eigenvalue weighted by molar-refractivity contribution is -0.122. The number of carbonyl (C=O) groups is 1. The molecule has 2 aliphatic rings. The second kappa shape index (κ2) is 13.8. The number of rotatable bonds is 9. The van der Waals surface area contributed by atoms with Crippen LogP contribution >= 0.6 is 24.0 Å². The van der Waals surface area contributed by atoms with Crippen LogP contribution in [0.15, 0.2) is 17.1 Å². The number of ether oxygens (including phenoxy) is 3. The van der Waals surface area contributed by atoms with Crippen molar-refractivity contribution in [3.05, 3.63) is 23.3 Å². The second-order valence-corrected chi connectivity index (χ2v) is 8.18. The van der Waals surface area contributed by atoms with Crippen LogP contribution in [0, 0.1) is 0 Å². The molecule has 1 fully saturated rings. The summed E-state index contributed by atoms with van der Waals surface area (Å²) in [6, 6.07) is 4.14. The van der Waals surface area contributed by atoms with E-state index in [2.05, 4.69) is 46.4 Å². The van der Waals surface area contributed by atoms with Crippen molar-refractivity contribution in [3.63, 3.8) is 0 Å². The Labute approximate surface area is 214 Å². The number of halogens is 1. The molecule has 0 radical (unpaired) electrons. The summed E-state index contributed by atoms with van der Waals surface area (Å²) >= 11 is 0. The summed E-state index contributed by atoms with van der Waals surface area (Å²) in [6.07, 6.45) is 1.11. The Morgan fingerprint density at radius 2 is 1.97 bits per heavy atom. The van der Waals surface area contributed by atoms with Crippen LogP contribution in [0.5, 0.6) is 11.5 Å². The molecule has 1 saturated heterocycles. The minimum absolute atomic E-state index is 0. The van der Waals surface area contributed by atoms with Gasteiger partial charge in [0.05, 0.1) is 26.8 Å². The number of amides is 1. The topological polar surface area (TPSA) is 87.7 Å². The van der Waals surface area contributed by atoms with Crippen LogP contribution < -0.4 is 20.1 Å². The lowest BCUT2D eigenvalue weighted by Crippen LogP contribution is -2.54. The van der Waals surface area contributed by atoms with Crippen molar-refractivity contribution in [2.45, 2.75) is 32.9 Å². The molecule has 0 aliphatic carbocycles. The molecule has 0 bridgehead atoms. The van der Waals surface area contributed by atoms with Gasteiger partial charge in [0, 0.05) is 63.9 Å². The third-order valence-corrected chi connectivity index (χ3v) is 5.70. The largest absolute Gasteiger partial charge is 0.496 e. The van der Waals surface area contributed by atoms with E-state index in [1.807, 2.05) is 0 Å². The van der Waals surface area contributed by atoms with Crippen molar-refractivity contribution in [3.8, 4) is 11.5 Å². The summed E-state index contributed by atoms with van der Waals surface area (Å²) in [5, 5.41) is 6.28. The first kappa shape index (κ1) is 27.5. The summed E-state index contributed by atoms with van der Waals surface area (Å²) in [6.45, 7) is 10.2. The molecule has 186 valence electrons. The van der Waals surface area contributed by atoms with Crippen LogP contribution in [-0.2, 0) is 22.5 Å². The monoisotopic (exact) mass is 575 g/mol. The van der Waals surface area contributed by atoms with Crippen LogP contribution in [0.25, 0.3) is 0 Å². The zero-order valence-electron chi connectivity index (χ0n) is 20.2. The maximum atomic E-state index is 12.0. The van der Waals surface area contributed by atoms with Gasteiger partial charge in [-0.15, -0.1) is 24.0 Å². The highest BCUT2D eigenvalue weighted by molar-refractivity contribution is 14.0. The number of hydrogen-bond acceptors (Lipinski definition) is 6. The lowest BCUT2D eigenvalue weighted by atomic mass is 10.1. The number of hydrogen-bond donors (Lipinski definition) is 2. The predicted molar refractivity (Wildman–Crippen MR) is 140 cm³/mol. The molecule has 0 aromatic heterocycles. The molecule has 2 heterocycles. The third-order valence-electron chi connectivity index (χ3n) is 5.70. The summed E-state index contributed by atoms with van der Waals surface area (Å²) in [5.74, 6) is 2.71. The molecule has 3 rings (SSSR count). The van der Waals surface area contributed by atoms with Gasteiger partial charge in [0.15, 0.2) is 5.96 Å². The average molecular weight is 575 g/mol. The van der Waals surface area contributed by atoms with Gasteiger partial charge in [-0.05, 0) is 26.0 Å². The number of carbonyl (C=O) groups excluding carboxylic acids is 1. The summed E-state index contributed by atoms with van der Waals surface area (Å²) in [4.78, 5) is 21.3. The van der Waals surface area contributed by atoms with E-state index in [4.69, 9.17) is 19.2 Å². The number of nitrogens with zero attached hydrogens (tertiary/aromatic N) is 3. The molecule has 1 aromatic carbocycles. The highest BCUT2D eigenvalue weighted by Crippen LogP contribution is 2.35. The fourth-order valence-corrected chi connectivity index (χ4v) is 4.05. The van der Waals surface area contributed by atoms with Crippen molar-refractivity contribution < 1.29 is 19.0 Å². The van der Waals surface area contributed by atoms with Crippen molar-refractivity contribution in [1.29, 1.82) is 0 Å². The molecular weight excluding hydrogens is 537 g/mol. The molecule has 1 unspecified atom stereocenters. The number of piperazine rings is 1. The number of methoxy groups -OCH3 is 2. The fraction of sp³-hybridized carbons (Fsp3) is 0.652. The van der Waals surface area contributed by atoms with E-state index < -0.39 is 0 Å². The van der Waals surface area contributed by atoms with Crippen LogP contribution in [0.4, 0.5) is 0 Å². The number of guanidine groups is 1. The summed E-state index contributed by atoms with van der Waals surface area (Å²) in [5.41, 5.74) is 2.21. The first-order valence-corrected chi connectivity index (χ1v) is 11.4. The Kier molecular flexibility index (Phi) is 11.5. The maximum Gasteiger partial charge on any atom is 0.234 e. The van der Waals surface area contributed by atoms with E-state index >= 15 is 0 Å². The van der Waals surface area contributed by atoms with Crippen molar-refractivity contribution in [2.75, 3.05) is 66.6 Å². The molecule has 1 aromatic rings. The van der Waals surface area contributed by atoms with Crippen LogP contribution in [0.1, 0.15) is 25.0 Å². The van der Waals surface area contributed by atoms with E-state index in [0.717, 1.165) is 62.2 Å². The van der Waals surface area contributed by atoms with Gasteiger partial charge >= 0.3 is 0 Å². The number of benzene rings is 1. The standard InChI is InChI=1S/C23H37N5O4.HI/c1-5-24-23(28-9-7-27(8-10-28)16-22(29)25-6-11-30-3)26-15-19-14-21-18(12-17(2)32-21)13-20(19)31-4;/h13-14,17H,5-12,15-16H2,1-4H3,(H,24,26)(H,25,29);1H. The van der Waals surface area contributed by atoms with Gasteiger partial charge in [-0.3, -0.25) is 9.69 Å². The number of nitrogens with one attached hydrogen (secondary N) is 2. The summed E-state index contributed by atoms with van der Waals surface area (Å²) in [7, 11) is 3.33. The Morgan fingerprint density at radius 1 is 1.21 bits per heavy atom. The molecule has 2 aliphatic heterocycles. The maximum absolute atomic E-state index is 12.0. The van der Waals surface area contributed by atoms with Crippen LogP contribution in [0.3, 0.4) is 0 Å². The minimum atomic E-state index is 0. The fourth-order valence-electron chi connectivity index (χ4n) is 4.05. The highest BCUT2D eigenvalue weighted by atomic mass is 127. The van der Waals surface area contributed by atoms with E-state index in [0.29, 0.717) is 26.2 Å². The van der Waals surface area contributed by atoms with Crippen molar-refractivity contribution in [2.24, 2.45) is 4.99 Å². The number of aliphatic imine (C=N–C) groups is 1. The van der Waals surface area contributed by atoms with Gasteiger partial charge in [0.2, 0.25) is 5.91 Å². The normalized spacial score (nSPS) is 18.2. The van der Waals surface area contributed by atoms with E-state index in [1.54, 1.807) is 14.2 Å². The number of fused-ring (bicyclic) bond motifs is 1. The zero-order chi connectivity index (χ0) is 22.9. The van der Waals surface area contributed by atoms with E-state index in [-0.39, 0.29) is 36.0 Å². The Morgan fingerprint density at radius 3 is 2.64 bits per heavy atom. The molecule has 0 saturated carbocycles. The van der Waals surface area contributed by atoms with Gasteiger partial charge in [0.1, 0.15) is 17.6 Å². The smallest absolute Gasteiger partial charge is 0.234 e. The molecule has 33 heavy (non-hydrogen) atoms. The first-order chi connectivity index (χ1) is 15.5. The van der Waals surface area contributed by atoms with Gasteiger partial charge in [-0.1, -0.05) is 0 Å². The zero-order valence-corrected chi connectivity index (χ0v) is 22.5. The van der Waals surface area contributed by atoms with Gasteiger partial charge in [-0.2, -0.15) is 0 Å². The molecular formula is C23H38IN5O4. The van der Waals surface area contributed by atoms with E-state index in [9.17, 15) is 4.79 Å². The Bertz CT molecular complexity index is 799. The Hall–Kier alpha value is -1.79. The molecule has 2 N–H and O–H groups in total. The average Bonchev–Trinajstić information content (AvgIpc) is 3.15. The van der Waals surface area contributed by atoms with Crippen LogP contribution in [-0.4, -0.2) is 94.4 Å². The third kappa shape index (κ3) is 7.89. The lowest BCUT2D eigenvalue weighted by Gasteiger charge is -2.36. The first-order valence-electron chi connectivity index (χ1n) is 11.4. The SMILES string of the molecule is CCNC(=NCc1cc2c(cc1OC)CC(C)O2)N1CCN(CC(=O)NCCOC)CC1.I. The van der Waals surface area contributed by atoms with Crippen LogP contribution in [0.2, 0.25) is 0 Å². The minimum Gasteiger partial charge on any atom is -0.496 e. The van der Waals surface area contributed by atoms with Gasteiger partial charge in [-0.25, -0.2) is 4.99 Å². The van der Waals surface area contributed by atoms with Crippen molar-refractivity contribution >= 4 is 35.8 Å². The van der Waals surface area contributed by atoms with Crippen molar-refractivity contribution in [1.82, 2.24) is 20.4 Å². The van der Waals surface area contributed by atoms with Gasteiger partial charge in [0.25, 0.3) is 0 Å². The molecule has 1 atom stereocenters. The molecule has 0 spiro atoms. The van der Waals surface area contributed by atoms with E-state index in [1.165, 1.54) is 5.56 Å². The molecule has 9 nitrogen and oxygen atoms in total. The predicted octanol–water partition coefficient (Wildman–Crippen LogP) is 1.48. The highest BCUT2D eigenvalue weighted by Gasteiger charge is 2.23. The van der Waals surface area contributed by atoms with Gasteiger partial charge < -0.3 is 29.7 Å². The summed E-state index contributed by atoms with van der Waals surface area (Å²) < 4.78 is 16.5. The quantitative estimate of drug-likeness (QED) is 0.200. The molecule has 10 heteroatoms. The Balaban J connectivity index is 0.00000385. The molecule has 1 amide bonds.